The molecule has 9 heteroatoms. The molecule has 2 saturated carbocycles. The van der Waals surface area contributed by atoms with Crippen LogP contribution in [0.3, 0.4) is 0 Å². The number of ether oxygens (including phenoxy) is 1. The maximum atomic E-state index is 13.3. The second kappa shape index (κ2) is 9.72. The van der Waals surface area contributed by atoms with Crippen molar-refractivity contribution in [2.24, 2.45) is 0 Å². The van der Waals surface area contributed by atoms with Crippen LogP contribution in [-0.4, -0.2) is 30.0 Å². The van der Waals surface area contributed by atoms with Gasteiger partial charge in [0.2, 0.25) is 11.5 Å². The molecule has 0 aliphatic heterocycles. The molecule has 2 aromatic carbocycles. The van der Waals surface area contributed by atoms with Gasteiger partial charge in [-0.1, -0.05) is 37.1 Å². The van der Waals surface area contributed by atoms with Crippen LogP contribution in [0.5, 0.6) is 5.75 Å². The van der Waals surface area contributed by atoms with Crippen molar-refractivity contribution in [2.75, 3.05) is 6.54 Å². The normalized spacial score (nSPS) is 18.3. The standard InChI is InChI=1S/C26H28ClF3N2O3/c1-2-13-25(23(34)32-20-9-10-20,35-21-11-5-18(6-12-21)26(28,29)30)16-31-22(33)24(14-15-24)17-3-7-19(27)8-4-17/h3-8,11-12,20H,2,9-10,13-16H2,1H3,(H,31,33)(H,32,34). The molecule has 0 heterocycles. The number of alkyl halides is 3. The minimum atomic E-state index is -4.48. The quantitative estimate of drug-likeness (QED) is 0.451. The predicted molar refractivity (Wildman–Crippen MR) is 126 cm³/mol. The zero-order valence-electron chi connectivity index (χ0n) is 19.4. The summed E-state index contributed by atoms with van der Waals surface area (Å²) in [6.45, 7) is 1.78. The Morgan fingerprint density at radius 3 is 2.20 bits per heavy atom. The van der Waals surface area contributed by atoms with Crippen molar-refractivity contribution in [2.45, 2.75) is 68.7 Å². The van der Waals surface area contributed by atoms with Gasteiger partial charge in [-0.25, -0.2) is 0 Å². The van der Waals surface area contributed by atoms with Gasteiger partial charge in [-0.3, -0.25) is 9.59 Å². The van der Waals surface area contributed by atoms with Crippen molar-refractivity contribution in [3.8, 4) is 5.75 Å². The first kappa shape index (κ1) is 25.4. The summed E-state index contributed by atoms with van der Waals surface area (Å²) in [5.41, 5.74) is -2.08. The van der Waals surface area contributed by atoms with Crippen LogP contribution in [0.4, 0.5) is 13.2 Å². The monoisotopic (exact) mass is 508 g/mol. The van der Waals surface area contributed by atoms with E-state index in [1.165, 1.54) is 12.1 Å². The van der Waals surface area contributed by atoms with Crippen molar-refractivity contribution in [3.63, 3.8) is 0 Å². The van der Waals surface area contributed by atoms with E-state index in [4.69, 9.17) is 16.3 Å². The topological polar surface area (TPSA) is 67.4 Å². The summed E-state index contributed by atoms with van der Waals surface area (Å²) in [4.78, 5) is 26.6. The summed E-state index contributed by atoms with van der Waals surface area (Å²) in [6, 6.07) is 11.4. The second-order valence-corrected chi connectivity index (χ2v) is 9.82. The molecular weight excluding hydrogens is 481 g/mol. The van der Waals surface area contributed by atoms with Crippen molar-refractivity contribution >= 4 is 23.4 Å². The van der Waals surface area contributed by atoms with Gasteiger partial charge < -0.3 is 15.4 Å². The summed E-state index contributed by atoms with van der Waals surface area (Å²) in [5.74, 6) is -0.459. The van der Waals surface area contributed by atoms with Gasteiger partial charge in [-0.05, 0) is 74.1 Å². The molecule has 35 heavy (non-hydrogen) atoms. The Morgan fingerprint density at radius 2 is 1.69 bits per heavy atom. The third-order valence-electron chi connectivity index (χ3n) is 6.59. The Morgan fingerprint density at radius 1 is 1.06 bits per heavy atom. The van der Waals surface area contributed by atoms with Gasteiger partial charge >= 0.3 is 6.18 Å². The molecule has 4 rings (SSSR count). The third-order valence-corrected chi connectivity index (χ3v) is 6.84. The maximum Gasteiger partial charge on any atom is 0.416 e. The average Bonchev–Trinajstić information content (AvgIpc) is 3.73. The minimum Gasteiger partial charge on any atom is -0.476 e. The number of halogens is 4. The van der Waals surface area contributed by atoms with E-state index in [0.717, 1.165) is 30.5 Å². The van der Waals surface area contributed by atoms with E-state index in [0.29, 0.717) is 24.3 Å². The first-order valence-electron chi connectivity index (χ1n) is 11.8. The highest BCUT2D eigenvalue weighted by Crippen LogP contribution is 2.48. The largest absolute Gasteiger partial charge is 0.476 e. The first-order chi connectivity index (χ1) is 16.6. The SMILES string of the molecule is CCCC(CNC(=O)C1(c2ccc(Cl)cc2)CC1)(Oc1ccc(C(F)(F)F)cc1)C(=O)NC1CC1. The smallest absolute Gasteiger partial charge is 0.416 e. The van der Waals surface area contributed by atoms with Crippen LogP contribution in [0.1, 0.15) is 56.6 Å². The Bertz CT molecular complexity index is 1060. The number of hydrogen-bond acceptors (Lipinski definition) is 3. The Labute approximate surface area is 207 Å². The predicted octanol–water partition coefficient (Wildman–Crippen LogP) is 5.40. The summed E-state index contributed by atoms with van der Waals surface area (Å²) in [6.07, 6.45) is -0.556. The van der Waals surface area contributed by atoms with Crippen molar-refractivity contribution < 1.29 is 27.5 Å². The molecule has 1 atom stereocenters. The average molecular weight is 509 g/mol. The van der Waals surface area contributed by atoms with Crippen LogP contribution in [0.2, 0.25) is 5.02 Å². The van der Waals surface area contributed by atoms with Crippen LogP contribution < -0.4 is 15.4 Å². The molecule has 2 aromatic rings. The first-order valence-corrected chi connectivity index (χ1v) is 12.2. The summed E-state index contributed by atoms with van der Waals surface area (Å²) in [7, 11) is 0. The molecule has 0 spiro atoms. The van der Waals surface area contributed by atoms with Crippen LogP contribution in [0, 0.1) is 0 Å². The molecule has 0 aromatic heterocycles. The van der Waals surface area contributed by atoms with Gasteiger partial charge in [0.15, 0.2) is 0 Å². The van der Waals surface area contributed by atoms with E-state index in [9.17, 15) is 22.8 Å². The molecule has 2 aliphatic rings. The van der Waals surface area contributed by atoms with E-state index in [1.807, 2.05) is 19.1 Å². The number of benzene rings is 2. The Balaban J connectivity index is 1.55. The number of carbonyl (C=O) groups excluding carboxylic acids is 2. The lowest BCUT2D eigenvalue weighted by molar-refractivity contribution is -0.139. The highest BCUT2D eigenvalue weighted by molar-refractivity contribution is 6.30. The molecule has 0 saturated heterocycles. The summed E-state index contributed by atoms with van der Waals surface area (Å²) < 4.78 is 45.1. The van der Waals surface area contributed by atoms with Crippen molar-refractivity contribution in [1.29, 1.82) is 0 Å². The molecule has 188 valence electrons. The molecule has 2 aliphatic carbocycles. The minimum absolute atomic E-state index is 0.0504. The van der Waals surface area contributed by atoms with Crippen LogP contribution in [0.25, 0.3) is 0 Å². The Kier molecular flexibility index (Phi) is 7.04. The molecule has 2 fully saturated rings. The molecular formula is C26H28ClF3N2O3. The zero-order valence-corrected chi connectivity index (χ0v) is 20.1. The summed E-state index contributed by atoms with van der Waals surface area (Å²) >= 11 is 5.99. The molecule has 2 N–H and O–H groups in total. The number of hydrogen-bond donors (Lipinski definition) is 2. The number of amides is 2. The third kappa shape index (κ3) is 5.74. The molecule has 5 nitrogen and oxygen atoms in total. The molecule has 0 radical (unpaired) electrons. The molecule has 0 bridgehead atoms. The van der Waals surface area contributed by atoms with E-state index in [-0.39, 0.29) is 36.6 Å². The highest BCUT2D eigenvalue weighted by Gasteiger charge is 2.52. The zero-order chi connectivity index (χ0) is 25.3. The number of nitrogens with one attached hydrogen (secondary N) is 2. The molecule has 2 amide bonds. The maximum absolute atomic E-state index is 13.3. The lowest BCUT2D eigenvalue weighted by Gasteiger charge is -2.34. The lowest BCUT2D eigenvalue weighted by Crippen LogP contribution is -2.59. The van der Waals surface area contributed by atoms with Crippen molar-refractivity contribution in [3.05, 3.63) is 64.7 Å². The fourth-order valence-corrected chi connectivity index (χ4v) is 4.36. The second-order valence-electron chi connectivity index (χ2n) is 9.39. The van der Waals surface area contributed by atoms with Gasteiger partial charge in [0.05, 0.1) is 17.5 Å². The van der Waals surface area contributed by atoms with E-state index >= 15 is 0 Å². The number of carbonyl (C=O) groups is 2. The lowest BCUT2D eigenvalue weighted by atomic mass is 9.92. The van der Waals surface area contributed by atoms with Crippen LogP contribution in [0.15, 0.2) is 48.5 Å². The Hall–Kier alpha value is -2.74. The van der Waals surface area contributed by atoms with E-state index in [1.54, 1.807) is 12.1 Å². The van der Waals surface area contributed by atoms with Crippen molar-refractivity contribution in [1.82, 2.24) is 10.6 Å². The van der Waals surface area contributed by atoms with Gasteiger partial charge in [0, 0.05) is 11.1 Å². The molecule has 1 unspecified atom stereocenters. The van der Waals surface area contributed by atoms with Gasteiger partial charge in [-0.2, -0.15) is 13.2 Å². The van der Waals surface area contributed by atoms with Crippen LogP contribution in [-0.2, 0) is 21.2 Å². The van der Waals surface area contributed by atoms with Gasteiger partial charge in [-0.15, -0.1) is 0 Å². The van der Waals surface area contributed by atoms with Gasteiger partial charge in [0.25, 0.3) is 5.91 Å². The number of rotatable bonds is 10. The highest BCUT2D eigenvalue weighted by atomic mass is 35.5. The van der Waals surface area contributed by atoms with Crippen LogP contribution >= 0.6 is 11.6 Å². The van der Waals surface area contributed by atoms with E-state index in [2.05, 4.69) is 10.6 Å². The fraction of sp³-hybridized carbons (Fsp3) is 0.462. The van der Waals surface area contributed by atoms with Gasteiger partial charge in [0.1, 0.15) is 5.75 Å². The fourth-order valence-electron chi connectivity index (χ4n) is 4.23. The van der Waals surface area contributed by atoms with E-state index < -0.39 is 22.8 Å². The summed E-state index contributed by atoms with van der Waals surface area (Å²) in [5, 5.41) is 6.44.